The van der Waals surface area contributed by atoms with Crippen molar-refractivity contribution in [3.8, 4) is 11.5 Å². The second kappa shape index (κ2) is 4.44. The lowest BCUT2D eigenvalue weighted by molar-refractivity contribution is -0.159. The minimum Gasteiger partial charge on any atom is -0.507 e. The van der Waals surface area contributed by atoms with Gasteiger partial charge in [-0.15, -0.1) is 0 Å². The Morgan fingerprint density at radius 3 is 2.47 bits per heavy atom. The molecular formula is C15H20O4. The third-order valence-electron chi connectivity index (χ3n) is 4.14. The summed E-state index contributed by atoms with van der Waals surface area (Å²) in [4.78, 5) is 11.8. The number of phenols is 1. The molecule has 1 aliphatic rings. The monoisotopic (exact) mass is 264 g/mol. The highest BCUT2D eigenvalue weighted by Gasteiger charge is 2.41. The van der Waals surface area contributed by atoms with Crippen LogP contribution in [0.25, 0.3) is 0 Å². The molecule has 1 atom stereocenters. The van der Waals surface area contributed by atoms with E-state index < -0.39 is 5.60 Å². The molecule has 0 saturated heterocycles. The lowest BCUT2D eigenvalue weighted by Crippen LogP contribution is -2.45. The van der Waals surface area contributed by atoms with Gasteiger partial charge in [0.05, 0.1) is 7.11 Å². The summed E-state index contributed by atoms with van der Waals surface area (Å²) >= 11 is 0. The summed E-state index contributed by atoms with van der Waals surface area (Å²) in [6.45, 7) is 7.38. The lowest BCUT2D eigenvalue weighted by atomic mass is 9.87. The molecule has 1 N–H and O–H groups in total. The van der Waals surface area contributed by atoms with E-state index in [1.54, 1.807) is 6.92 Å². The van der Waals surface area contributed by atoms with Gasteiger partial charge in [0, 0.05) is 12.0 Å². The number of esters is 1. The van der Waals surface area contributed by atoms with Crippen molar-refractivity contribution in [1.82, 2.24) is 0 Å². The molecule has 1 aliphatic heterocycles. The summed E-state index contributed by atoms with van der Waals surface area (Å²) < 4.78 is 10.8. The van der Waals surface area contributed by atoms with E-state index >= 15 is 0 Å². The molecule has 1 heterocycles. The van der Waals surface area contributed by atoms with Crippen molar-refractivity contribution in [3.05, 3.63) is 22.3 Å². The van der Waals surface area contributed by atoms with E-state index in [4.69, 9.17) is 9.47 Å². The highest BCUT2D eigenvalue weighted by Crippen LogP contribution is 2.43. The van der Waals surface area contributed by atoms with Crippen molar-refractivity contribution in [3.63, 3.8) is 0 Å². The topological polar surface area (TPSA) is 55.8 Å². The zero-order chi connectivity index (χ0) is 14.4. The van der Waals surface area contributed by atoms with Gasteiger partial charge in [0.15, 0.2) is 0 Å². The first kappa shape index (κ1) is 13.7. The molecule has 104 valence electrons. The van der Waals surface area contributed by atoms with Gasteiger partial charge in [-0.1, -0.05) is 0 Å². The van der Waals surface area contributed by atoms with Gasteiger partial charge in [0.1, 0.15) is 11.5 Å². The van der Waals surface area contributed by atoms with E-state index in [1.165, 1.54) is 7.11 Å². The van der Waals surface area contributed by atoms with E-state index in [0.29, 0.717) is 24.3 Å². The highest BCUT2D eigenvalue weighted by molar-refractivity contribution is 5.80. The Morgan fingerprint density at radius 2 is 1.89 bits per heavy atom. The van der Waals surface area contributed by atoms with Crippen molar-refractivity contribution in [2.45, 2.75) is 46.1 Å². The standard InChI is InChI=1S/C15H20O4/c1-8-9(2)13-11(10(3)12(8)16)6-7-15(4,19-13)14(17)18-5/h16H,6-7H2,1-5H3/t15-/m1/s1. The van der Waals surface area contributed by atoms with E-state index in [9.17, 15) is 9.90 Å². The Balaban J connectivity index is 2.55. The van der Waals surface area contributed by atoms with Gasteiger partial charge >= 0.3 is 5.97 Å². The van der Waals surface area contributed by atoms with E-state index in [-0.39, 0.29) is 5.97 Å². The van der Waals surface area contributed by atoms with E-state index in [0.717, 1.165) is 22.3 Å². The maximum Gasteiger partial charge on any atom is 0.349 e. The van der Waals surface area contributed by atoms with E-state index in [1.807, 2.05) is 20.8 Å². The fourth-order valence-corrected chi connectivity index (χ4v) is 2.61. The van der Waals surface area contributed by atoms with Gasteiger partial charge in [-0.25, -0.2) is 4.79 Å². The van der Waals surface area contributed by atoms with Crippen LogP contribution in [0.4, 0.5) is 0 Å². The number of carbonyl (C=O) groups is 1. The van der Waals surface area contributed by atoms with Crippen LogP contribution in [0.15, 0.2) is 0 Å². The molecule has 0 amide bonds. The Labute approximate surface area is 113 Å². The van der Waals surface area contributed by atoms with Crippen molar-refractivity contribution in [2.75, 3.05) is 7.11 Å². The molecule has 0 aromatic heterocycles. The van der Waals surface area contributed by atoms with Crippen LogP contribution in [0.3, 0.4) is 0 Å². The number of aromatic hydroxyl groups is 1. The number of benzene rings is 1. The zero-order valence-corrected chi connectivity index (χ0v) is 12.1. The second-order valence-corrected chi connectivity index (χ2v) is 5.36. The number of phenolic OH excluding ortho intramolecular Hbond substituents is 1. The molecule has 19 heavy (non-hydrogen) atoms. The summed E-state index contributed by atoms with van der Waals surface area (Å²) in [5.41, 5.74) is 2.56. The SMILES string of the molecule is COC(=O)[C@@]1(C)CCc2c(C)c(O)c(C)c(C)c2O1. The summed E-state index contributed by atoms with van der Waals surface area (Å²) in [7, 11) is 1.37. The van der Waals surface area contributed by atoms with Crippen LogP contribution in [0, 0.1) is 20.8 Å². The van der Waals surface area contributed by atoms with Gasteiger partial charge in [-0.3, -0.25) is 0 Å². The number of methoxy groups -OCH3 is 1. The normalized spacial score (nSPS) is 21.5. The number of ether oxygens (including phenoxy) is 2. The Bertz CT molecular complexity index is 548. The number of rotatable bonds is 1. The molecule has 0 spiro atoms. The molecule has 0 bridgehead atoms. The molecule has 0 radical (unpaired) electrons. The average molecular weight is 264 g/mol. The predicted molar refractivity (Wildman–Crippen MR) is 71.7 cm³/mol. The van der Waals surface area contributed by atoms with Crippen molar-refractivity contribution in [2.24, 2.45) is 0 Å². The number of hydrogen-bond acceptors (Lipinski definition) is 4. The van der Waals surface area contributed by atoms with Crippen molar-refractivity contribution >= 4 is 5.97 Å². The van der Waals surface area contributed by atoms with Crippen molar-refractivity contribution in [1.29, 1.82) is 0 Å². The van der Waals surface area contributed by atoms with Crippen LogP contribution in [-0.2, 0) is 16.0 Å². The summed E-state index contributed by atoms with van der Waals surface area (Å²) in [5, 5.41) is 10.1. The van der Waals surface area contributed by atoms with Crippen LogP contribution < -0.4 is 4.74 Å². The van der Waals surface area contributed by atoms with Gasteiger partial charge in [0.25, 0.3) is 0 Å². The largest absolute Gasteiger partial charge is 0.507 e. The first-order valence-corrected chi connectivity index (χ1v) is 6.41. The molecule has 0 saturated carbocycles. The third-order valence-corrected chi connectivity index (χ3v) is 4.14. The van der Waals surface area contributed by atoms with Gasteiger partial charge in [-0.2, -0.15) is 0 Å². The first-order chi connectivity index (χ1) is 8.81. The van der Waals surface area contributed by atoms with Crippen LogP contribution in [0.1, 0.15) is 35.6 Å². The zero-order valence-electron chi connectivity index (χ0n) is 12.1. The summed E-state index contributed by atoms with van der Waals surface area (Å²) in [5.74, 6) is 0.675. The van der Waals surface area contributed by atoms with Crippen molar-refractivity contribution < 1.29 is 19.4 Å². The molecule has 0 aliphatic carbocycles. The predicted octanol–water partition coefficient (Wildman–Crippen LogP) is 2.57. The molecule has 1 aromatic carbocycles. The minimum absolute atomic E-state index is 0.321. The summed E-state index contributed by atoms with van der Waals surface area (Å²) in [6.07, 6.45) is 1.25. The lowest BCUT2D eigenvalue weighted by Gasteiger charge is -2.35. The Morgan fingerprint density at radius 1 is 1.26 bits per heavy atom. The molecule has 1 aromatic rings. The van der Waals surface area contributed by atoms with Gasteiger partial charge < -0.3 is 14.6 Å². The first-order valence-electron chi connectivity index (χ1n) is 6.41. The highest BCUT2D eigenvalue weighted by atomic mass is 16.6. The maximum atomic E-state index is 11.8. The molecule has 4 nitrogen and oxygen atoms in total. The van der Waals surface area contributed by atoms with Gasteiger partial charge in [-0.05, 0) is 50.8 Å². The Hall–Kier alpha value is -1.71. The molecule has 2 rings (SSSR count). The van der Waals surface area contributed by atoms with E-state index in [2.05, 4.69) is 0 Å². The quantitative estimate of drug-likeness (QED) is 0.792. The number of fused-ring (bicyclic) bond motifs is 1. The smallest absolute Gasteiger partial charge is 0.349 e. The average Bonchev–Trinajstić information content (AvgIpc) is 2.41. The molecule has 4 heteroatoms. The van der Waals surface area contributed by atoms with Crippen LogP contribution in [-0.4, -0.2) is 23.8 Å². The number of carbonyl (C=O) groups excluding carboxylic acids is 1. The molecular weight excluding hydrogens is 244 g/mol. The third kappa shape index (κ3) is 1.95. The number of hydrogen-bond donors (Lipinski definition) is 1. The molecule has 0 unspecified atom stereocenters. The van der Waals surface area contributed by atoms with Crippen LogP contribution in [0.5, 0.6) is 11.5 Å². The summed E-state index contributed by atoms with van der Waals surface area (Å²) in [6, 6.07) is 0. The minimum atomic E-state index is -0.942. The Kier molecular flexibility index (Phi) is 3.20. The fourth-order valence-electron chi connectivity index (χ4n) is 2.61. The van der Waals surface area contributed by atoms with Crippen LogP contribution >= 0.6 is 0 Å². The fraction of sp³-hybridized carbons (Fsp3) is 0.533. The van der Waals surface area contributed by atoms with Crippen LogP contribution in [0.2, 0.25) is 0 Å². The molecule has 0 fully saturated rings. The van der Waals surface area contributed by atoms with Gasteiger partial charge in [0.2, 0.25) is 5.60 Å². The second-order valence-electron chi connectivity index (χ2n) is 5.36. The maximum absolute atomic E-state index is 11.8.